The van der Waals surface area contributed by atoms with E-state index < -0.39 is 0 Å². The average Bonchev–Trinajstić information content (AvgIpc) is 3.57. The Morgan fingerprint density at radius 1 is 0.508 bits per heavy atom. The Morgan fingerprint density at radius 2 is 1.13 bits per heavy atom. The molecule has 3 aliphatic rings. The SMILES string of the molecule is CC(C)(C)c1ccc(-c2cc3c4c(c2)N(c2cc(C(C)(C)C)cc(C(C)(C)C)c2)c2cc5c(cc2B4n2c4ccc6ccccc6c4c4cccc-3c42)C(C)(C)CCC5(C)C)cc1. The van der Waals surface area contributed by atoms with Gasteiger partial charge >= 0.3 is 6.85 Å². The predicted molar refractivity (Wildman–Crippen MR) is 274 cm³/mol. The number of anilines is 3. The summed E-state index contributed by atoms with van der Waals surface area (Å²) in [6.45, 7) is 31.0. The third-order valence-corrected chi connectivity index (χ3v) is 15.5. The van der Waals surface area contributed by atoms with Gasteiger partial charge in [-0.2, -0.15) is 0 Å². The van der Waals surface area contributed by atoms with Gasteiger partial charge in [-0.1, -0.05) is 175 Å². The summed E-state index contributed by atoms with van der Waals surface area (Å²) in [6, 6.07) is 48.1. The summed E-state index contributed by atoms with van der Waals surface area (Å²) in [5, 5.41) is 5.30. The number of fused-ring (bicyclic) bond motifs is 10. The number of rotatable bonds is 2. The Balaban J connectivity index is 1.33. The molecule has 3 heteroatoms. The Hall–Kier alpha value is -5.54. The highest BCUT2D eigenvalue weighted by Crippen LogP contribution is 2.52. The van der Waals surface area contributed by atoms with Gasteiger partial charge in [0.15, 0.2) is 0 Å². The lowest BCUT2D eigenvalue weighted by atomic mass is 9.44. The first-order chi connectivity index (χ1) is 29.6. The smallest absolute Gasteiger partial charge is 0.333 e. The van der Waals surface area contributed by atoms with E-state index in [0.29, 0.717) is 0 Å². The Morgan fingerprint density at radius 3 is 1.78 bits per heavy atom. The highest BCUT2D eigenvalue weighted by atomic mass is 15.2. The predicted octanol–water partition coefficient (Wildman–Crippen LogP) is 15.3. The summed E-state index contributed by atoms with van der Waals surface area (Å²) in [7, 11) is 0. The molecule has 0 saturated carbocycles. The van der Waals surface area contributed by atoms with Gasteiger partial charge in [0.05, 0.1) is 0 Å². The third-order valence-electron chi connectivity index (χ3n) is 15.5. The normalized spacial score (nSPS) is 16.4. The molecule has 3 heterocycles. The summed E-state index contributed by atoms with van der Waals surface area (Å²) in [5.41, 5.74) is 21.6. The van der Waals surface area contributed by atoms with E-state index in [0.717, 1.165) is 0 Å². The van der Waals surface area contributed by atoms with E-state index in [2.05, 4.69) is 221 Å². The van der Waals surface area contributed by atoms with E-state index >= 15 is 0 Å². The van der Waals surface area contributed by atoms with Crippen molar-refractivity contribution in [3.63, 3.8) is 0 Å². The van der Waals surface area contributed by atoms with E-state index in [9.17, 15) is 0 Å². The minimum Gasteiger partial charge on any atom is -0.375 e. The van der Waals surface area contributed by atoms with Crippen LogP contribution in [-0.4, -0.2) is 11.3 Å². The summed E-state index contributed by atoms with van der Waals surface area (Å²) in [6.07, 6.45) is 2.34. The molecule has 2 nitrogen and oxygen atoms in total. The zero-order valence-corrected chi connectivity index (χ0v) is 39.9. The van der Waals surface area contributed by atoms with Crippen LogP contribution in [0.1, 0.15) is 131 Å². The van der Waals surface area contributed by atoms with E-state index in [-0.39, 0.29) is 33.9 Å². The molecule has 1 aromatic heterocycles. The number of benzene rings is 7. The quantitative estimate of drug-likeness (QED) is 0.158. The zero-order valence-electron chi connectivity index (χ0n) is 39.9. The zero-order chi connectivity index (χ0) is 44.3. The van der Waals surface area contributed by atoms with Gasteiger partial charge < -0.3 is 9.38 Å². The van der Waals surface area contributed by atoms with Crippen molar-refractivity contribution in [3.05, 3.63) is 149 Å². The highest BCUT2D eigenvalue weighted by Gasteiger charge is 2.46. The molecule has 8 aromatic rings. The highest BCUT2D eigenvalue weighted by molar-refractivity contribution is 6.90. The molecule has 0 fully saturated rings. The molecule has 7 aromatic carbocycles. The lowest BCUT2D eigenvalue weighted by Crippen LogP contribution is -2.57. The van der Waals surface area contributed by atoms with Crippen molar-refractivity contribution in [3.8, 4) is 22.3 Å². The van der Waals surface area contributed by atoms with Crippen molar-refractivity contribution in [1.82, 2.24) is 4.48 Å². The molecular weight excluding hydrogens is 759 g/mol. The molecule has 0 atom stereocenters. The van der Waals surface area contributed by atoms with Crippen LogP contribution in [0.15, 0.2) is 121 Å². The second-order valence-electron chi connectivity index (χ2n) is 23.8. The van der Waals surface area contributed by atoms with Crippen LogP contribution < -0.4 is 15.8 Å². The van der Waals surface area contributed by atoms with Gasteiger partial charge in [0, 0.05) is 44.4 Å². The van der Waals surface area contributed by atoms with Crippen LogP contribution in [-0.2, 0) is 27.1 Å². The Kier molecular flexibility index (Phi) is 8.32. The van der Waals surface area contributed by atoms with Gasteiger partial charge in [-0.15, -0.1) is 0 Å². The van der Waals surface area contributed by atoms with E-state index in [4.69, 9.17) is 0 Å². The molecule has 0 unspecified atom stereocenters. The monoisotopic (exact) mass is 823 g/mol. The molecule has 0 bridgehead atoms. The molecular formula is C60H63BN2. The maximum Gasteiger partial charge on any atom is 0.333 e. The van der Waals surface area contributed by atoms with Crippen molar-refractivity contribution in [2.45, 2.75) is 130 Å². The fourth-order valence-corrected chi connectivity index (χ4v) is 11.5. The maximum atomic E-state index is 2.76. The minimum absolute atomic E-state index is 0.0198. The van der Waals surface area contributed by atoms with Crippen LogP contribution in [0.25, 0.3) is 54.8 Å². The Bertz CT molecular complexity index is 3190. The number of aromatic nitrogens is 1. The van der Waals surface area contributed by atoms with Crippen LogP contribution >= 0.6 is 0 Å². The van der Waals surface area contributed by atoms with E-state index in [1.54, 1.807) is 0 Å². The van der Waals surface area contributed by atoms with Crippen molar-refractivity contribution >= 4 is 67.4 Å². The summed E-state index contributed by atoms with van der Waals surface area (Å²) in [4.78, 5) is 2.70. The largest absolute Gasteiger partial charge is 0.375 e. The molecule has 1 aliphatic carbocycles. The third kappa shape index (κ3) is 5.97. The minimum atomic E-state index is -0.0352. The van der Waals surface area contributed by atoms with Crippen LogP contribution in [0.5, 0.6) is 0 Å². The summed E-state index contributed by atoms with van der Waals surface area (Å²) < 4.78 is 2.76. The first-order valence-corrected chi connectivity index (χ1v) is 23.5. The molecule has 0 N–H and O–H groups in total. The number of para-hydroxylation sites is 1. The molecule has 0 spiro atoms. The molecule has 316 valence electrons. The average molecular weight is 823 g/mol. The molecule has 2 aliphatic heterocycles. The lowest BCUT2D eigenvalue weighted by Gasteiger charge is -2.46. The maximum absolute atomic E-state index is 2.76. The number of hydrogen-bond donors (Lipinski definition) is 0. The first kappa shape index (κ1) is 40.3. The molecule has 11 rings (SSSR count). The Labute approximate surface area is 376 Å². The number of nitrogens with zero attached hydrogens (tertiary/aromatic N) is 2. The van der Waals surface area contributed by atoms with Gasteiger partial charge in [-0.3, -0.25) is 0 Å². The van der Waals surface area contributed by atoms with Gasteiger partial charge in [-0.05, 0) is 143 Å². The van der Waals surface area contributed by atoms with Crippen LogP contribution in [0, 0.1) is 0 Å². The fraction of sp³-hybridized carbons (Fsp3) is 0.333. The van der Waals surface area contributed by atoms with Crippen molar-refractivity contribution < 1.29 is 0 Å². The molecule has 0 saturated heterocycles. The van der Waals surface area contributed by atoms with E-state index in [1.807, 2.05) is 0 Å². The van der Waals surface area contributed by atoms with Crippen molar-refractivity contribution in [2.75, 3.05) is 4.90 Å². The standard InChI is InChI=1S/C60H63BN2/c1-56(2,3)39-24-21-36(22-25-39)38-29-46-44-19-16-20-45-53-43-18-15-14-17-37(43)23-26-50(53)63(55(44)45)61-49-34-47-48(60(12,13)28-27-59(47,10)11)35-51(49)62(52(30-38)54(46)61)42-32-40(57(4,5)6)31-41(33-42)58(7,8)9/h14-26,29-35H,27-28H2,1-13H3. The van der Waals surface area contributed by atoms with Gasteiger partial charge in [0.25, 0.3) is 0 Å². The lowest BCUT2D eigenvalue weighted by molar-refractivity contribution is 0.332. The van der Waals surface area contributed by atoms with Crippen LogP contribution in [0.3, 0.4) is 0 Å². The molecule has 0 radical (unpaired) electrons. The second-order valence-corrected chi connectivity index (χ2v) is 23.8. The molecule has 63 heavy (non-hydrogen) atoms. The number of hydrogen-bond acceptors (Lipinski definition) is 1. The van der Waals surface area contributed by atoms with Crippen LogP contribution in [0.2, 0.25) is 0 Å². The van der Waals surface area contributed by atoms with Crippen molar-refractivity contribution in [1.29, 1.82) is 0 Å². The first-order valence-electron chi connectivity index (χ1n) is 23.5. The van der Waals surface area contributed by atoms with Crippen LogP contribution in [0.4, 0.5) is 17.1 Å². The second kappa shape index (κ2) is 13.0. The summed E-state index contributed by atoms with van der Waals surface area (Å²) in [5.74, 6) is 0. The topological polar surface area (TPSA) is 8.17 Å². The van der Waals surface area contributed by atoms with Gasteiger partial charge in [0.1, 0.15) is 0 Å². The van der Waals surface area contributed by atoms with Gasteiger partial charge in [-0.25, -0.2) is 0 Å². The molecule has 0 amide bonds. The summed E-state index contributed by atoms with van der Waals surface area (Å²) >= 11 is 0. The fourth-order valence-electron chi connectivity index (χ4n) is 11.5. The van der Waals surface area contributed by atoms with Gasteiger partial charge in [0.2, 0.25) is 0 Å². The van der Waals surface area contributed by atoms with E-state index in [1.165, 1.54) is 123 Å². The van der Waals surface area contributed by atoms with Crippen molar-refractivity contribution in [2.24, 2.45) is 0 Å².